The van der Waals surface area contributed by atoms with Gasteiger partial charge in [0.2, 0.25) is 5.91 Å². The molecule has 0 saturated carbocycles. The van der Waals surface area contributed by atoms with E-state index in [0.717, 1.165) is 16.7 Å². The minimum absolute atomic E-state index is 0.273. The van der Waals surface area contributed by atoms with Crippen molar-refractivity contribution >= 4 is 34.9 Å². The minimum Gasteiger partial charge on any atom is -0.465 e. The van der Waals surface area contributed by atoms with E-state index in [-0.39, 0.29) is 17.4 Å². The Labute approximate surface area is 143 Å². The second-order valence-corrected chi connectivity index (χ2v) is 5.85. The molecule has 0 spiro atoms. The number of ether oxygens (including phenoxy) is 1. The third kappa shape index (κ3) is 5.10. The fourth-order valence-electron chi connectivity index (χ4n) is 1.91. The van der Waals surface area contributed by atoms with Crippen LogP contribution >= 0.6 is 11.8 Å². The lowest BCUT2D eigenvalue weighted by Crippen LogP contribution is -2.39. The average Bonchev–Trinajstić information content (AvgIpc) is 3.16. The first-order chi connectivity index (χ1) is 11.6. The monoisotopic (exact) mass is 350 g/mol. The summed E-state index contributed by atoms with van der Waals surface area (Å²) in [5, 5.41) is 2.19. The lowest BCUT2D eigenvalue weighted by molar-refractivity contribution is -0.129. The highest BCUT2D eigenvalue weighted by molar-refractivity contribution is 8.18. The third-order valence-electron chi connectivity index (χ3n) is 3.07. The van der Waals surface area contributed by atoms with E-state index in [1.165, 1.54) is 6.08 Å². The van der Waals surface area contributed by atoms with Gasteiger partial charge < -0.3 is 14.5 Å². The number of nitrogens with zero attached hydrogens (tertiary/aromatic N) is 1. The second-order valence-electron chi connectivity index (χ2n) is 4.86. The van der Waals surface area contributed by atoms with Gasteiger partial charge in [-0.25, -0.2) is 0 Å². The Balaban J connectivity index is 1.87. The maximum Gasteiger partial charge on any atom is 0.294 e. The van der Waals surface area contributed by atoms with E-state index < -0.39 is 11.1 Å². The van der Waals surface area contributed by atoms with E-state index in [1.807, 2.05) is 0 Å². The molecule has 7 nitrogen and oxygen atoms in total. The Morgan fingerprint density at radius 1 is 1.46 bits per heavy atom. The van der Waals surface area contributed by atoms with Gasteiger partial charge in [0.25, 0.3) is 11.1 Å². The van der Waals surface area contributed by atoms with Crippen LogP contribution in [0.3, 0.4) is 0 Å². The van der Waals surface area contributed by atoms with Crippen LogP contribution in [-0.2, 0) is 14.3 Å². The molecule has 128 valence electrons. The first-order valence-corrected chi connectivity index (χ1v) is 8.14. The van der Waals surface area contributed by atoms with Crippen molar-refractivity contribution in [1.29, 1.82) is 0 Å². The predicted molar refractivity (Wildman–Crippen MR) is 90.0 cm³/mol. The van der Waals surface area contributed by atoms with Gasteiger partial charge in [0, 0.05) is 20.3 Å². The molecule has 0 unspecified atom stereocenters. The molecule has 3 amide bonds. The summed E-state index contributed by atoms with van der Waals surface area (Å²) in [5.41, 5.74) is 0. The van der Waals surface area contributed by atoms with E-state index in [4.69, 9.17) is 9.15 Å². The molecular weight excluding hydrogens is 332 g/mol. The van der Waals surface area contributed by atoms with Crippen LogP contribution in [0.1, 0.15) is 12.2 Å². The van der Waals surface area contributed by atoms with Crippen LogP contribution in [0, 0.1) is 0 Å². The molecule has 8 heteroatoms. The number of amides is 3. The van der Waals surface area contributed by atoms with Crippen molar-refractivity contribution in [3.05, 3.63) is 41.2 Å². The standard InChI is InChI=1S/C16H18N2O5S/c1-22-9-4-8-17-14(19)11-18-15(20)13(24-16(18)21)7-2-5-12-6-3-10-23-12/h2-3,5-7,10H,4,8-9,11H2,1H3,(H,17,19)/b5-2+,13-7-. The van der Waals surface area contributed by atoms with Crippen molar-refractivity contribution in [3.8, 4) is 0 Å². The Morgan fingerprint density at radius 3 is 3.00 bits per heavy atom. The Bertz CT molecular complexity index is 651. The molecule has 1 aliphatic heterocycles. The highest BCUT2D eigenvalue weighted by Crippen LogP contribution is 2.30. The molecule has 1 aromatic heterocycles. The number of furan rings is 1. The third-order valence-corrected chi connectivity index (χ3v) is 4.00. The SMILES string of the molecule is COCCCNC(=O)CN1C(=O)S/C(=C\C=C\c2ccco2)C1=O. The van der Waals surface area contributed by atoms with Gasteiger partial charge in [0.15, 0.2) is 0 Å². The maximum atomic E-state index is 12.2. The largest absolute Gasteiger partial charge is 0.465 e. The molecule has 1 aromatic rings. The Hall–Kier alpha value is -2.32. The van der Waals surface area contributed by atoms with Crippen LogP contribution in [0.5, 0.6) is 0 Å². The number of hydrogen-bond acceptors (Lipinski definition) is 6. The van der Waals surface area contributed by atoms with E-state index in [1.54, 1.807) is 37.7 Å². The van der Waals surface area contributed by atoms with Crippen LogP contribution in [0.25, 0.3) is 6.08 Å². The van der Waals surface area contributed by atoms with Crippen molar-refractivity contribution in [1.82, 2.24) is 10.2 Å². The number of carbonyl (C=O) groups excluding carboxylic acids is 3. The van der Waals surface area contributed by atoms with Crippen molar-refractivity contribution < 1.29 is 23.5 Å². The molecule has 1 N–H and O–H groups in total. The van der Waals surface area contributed by atoms with Gasteiger partial charge in [0.05, 0.1) is 11.2 Å². The molecule has 1 fully saturated rings. The first kappa shape index (κ1) is 18.0. The fourth-order valence-corrected chi connectivity index (χ4v) is 2.70. The summed E-state index contributed by atoms with van der Waals surface area (Å²) in [6, 6.07) is 3.52. The molecule has 0 aliphatic carbocycles. The molecule has 2 rings (SSSR count). The van der Waals surface area contributed by atoms with E-state index in [9.17, 15) is 14.4 Å². The number of rotatable bonds is 8. The van der Waals surface area contributed by atoms with Crippen molar-refractivity contribution in [2.75, 3.05) is 26.8 Å². The van der Waals surface area contributed by atoms with Crippen LogP contribution in [0.15, 0.2) is 39.9 Å². The smallest absolute Gasteiger partial charge is 0.294 e. The Kier molecular flexibility index (Phi) is 6.83. The molecule has 0 radical (unpaired) electrons. The van der Waals surface area contributed by atoms with Crippen LogP contribution < -0.4 is 5.32 Å². The zero-order chi connectivity index (χ0) is 17.4. The van der Waals surface area contributed by atoms with Crippen molar-refractivity contribution in [2.45, 2.75) is 6.42 Å². The summed E-state index contributed by atoms with van der Waals surface area (Å²) >= 11 is 0.810. The molecule has 2 heterocycles. The normalized spacial score (nSPS) is 16.5. The summed E-state index contributed by atoms with van der Waals surface area (Å²) in [7, 11) is 1.58. The van der Waals surface area contributed by atoms with Crippen LogP contribution in [0.4, 0.5) is 4.79 Å². The van der Waals surface area contributed by atoms with E-state index >= 15 is 0 Å². The lowest BCUT2D eigenvalue weighted by Gasteiger charge is -2.12. The summed E-state index contributed by atoms with van der Waals surface area (Å²) < 4.78 is 10.0. The van der Waals surface area contributed by atoms with Gasteiger partial charge >= 0.3 is 0 Å². The summed E-state index contributed by atoms with van der Waals surface area (Å²) in [6.45, 7) is 0.689. The predicted octanol–water partition coefficient (Wildman–Crippen LogP) is 2.02. The topological polar surface area (TPSA) is 88.8 Å². The lowest BCUT2D eigenvalue weighted by atomic mass is 10.3. The van der Waals surface area contributed by atoms with Gasteiger partial charge in [-0.2, -0.15) is 0 Å². The first-order valence-electron chi connectivity index (χ1n) is 7.33. The molecule has 1 saturated heterocycles. The summed E-state index contributed by atoms with van der Waals surface area (Å²) in [4.78, 5) is 37.0. The van der Waals surface area contributed by atoms with Gasteiger partial charge in [0.1, 0.15) is 12.3 Å². The van der Waals surface area contributed by atoms with Gasteiger partial charge in [-0.15, -0.1) is 0 Å². The molecule has 0 bridgehead atoms. The Morgan fingerprint density at radius 2 is 2.29 bits per heavy atom. The molecule has 1 aliphatic rings. The second kappa shape index (κ2) is 9.09. The summed E-state index contributed by atoms with van der Waals surface area (Å²) in [6.07, 6.45) is 7.04. The van der Waals surface area contributed by atoms with Gasteiger partial charge in [-0.3, -0.25) is 19.3 Å². The molecule has 24 heavy (non-hydrogen) atoms. The quantitative estimate of drug-likeness (QED) is 0.570. The molecule has 0 aromatic carbocycles. The minimum atomic E-state index is -0.471. The molecular formula is C16H18N2O5S. The zero-order valence-corrected chi connectivity index (χ0v) is 14.0. The van der Waals surface area contributed by atoms with Gasteiger partial charge in [-0.1, -0.05) is 6.08 Å². The summed E-state index contributed by atoms with van der Waals surface area (Å²) in [5.74, 6) is -0.206. The number of thioether (sulfide) groups is 1. The average molecular weight is 350 g/mol. The number of hydrogen-bond donors (Lipinski definition) is 1. The zero-order valence-electron chi connectivity index (χ0n) is 13.2. The highest BCUT2D eigenvalue weighted by atomic mass is 32.2. The van der Waals surface area contributed by atoms with Crippen LogP contribution in [-0.4, -0.2) is 48.8 Å². The maximum absolute atomic E-state index is 12.2. The van der Waals surface area contributed by atoms with Crippen molar-refractivity contribution in [3.63, 3.8) is 0 Å². The van der Waals surface area contributed by atoms with E-state index in [2.05, 4.69) is 5.32 Å². The van der Waals surface area contributed by atoms with Crippen molar-refractivity contribution in [2.24, 2.45) is 0 Å². The van der Waals surface area contributed by atoms with E-state index in [0.29, 0.717) is 25.3 Å². The fraction of sp³-hybridized carbons (Fsp3) is 0.312. The van der Waals surface area contributed by atoms with Gasteiger partial charge in [-0.05, 0) is 42.5 Å². The number of methoxy groups -OCH3 is 1. The number of allylic oxidation sites excluding steroid dienone is 2. The number of nitrogens with one attached hydrogen (secondary N) is 1. The van der Waals surface area contributed by atoms with Crippen LogP contribution in [0.2, 0.25) is 0 Å². The number of imide groups is 1. The molecule has 0 atom stereocenters. The highest BCUT2D eigenvalue weighted by Gasteiger charge is 2.35. The number of carbonyl (C=O) groups is 3.